The van der Waals surface area contributed by atoms with E-state index in [0.717, 1.165) is 35.1 Å². The lowest BCUT2D eigenvalue weighted by molar-refractivity contribution is -0.387. The molecule has 0 unspecified atom stereocenters. The molecule has 172 valence electrons. The third-order valence-corrected chi connectivity index (χ3v) is 5.11. The lowest BCUT2D eigenvalue weighted by Crippen LogP contribution is -2.05. The highest BCUT2D eigenvalue weighted by molar-refractivity contribution is 5.86. The molecule has 0 spiro atoms. The van der Waals surface area contributed by atoms with Crippen LogP contribution in [0, 0.1) is 29.8 Å². The minimum Gasteiger partial charge on any atom is -0.494 e. The Morgan fingerprint density at radius 1 is 1.21 bits per heavy atom. The zero-order valence-corrected chi connectivity index (χ0v) is 18.4. The molecule has 2 aromatic heterocycles. The summed E-state index contributed by atoms with van der Waals surface area (Å²) in [4.78, 5) is 30.5. The second-order valence-corrected chi connectivity index (χ2v) is 7.44. The quantitative estimate of drug-likeness (QED) is 0.241. The molecule has 0 bridgehead atoms. The summed E-state index contributed by atoms with van der Waals surface area (Å²) in [6.45, 7) is 3.89. The van der Waals surface area contributed by atoms with Crippen LogP contribution in [0.25, 0.3) is 17.1 Å². The van der Waals surface area contributed by atoms with Crippen molar-refractivity contribution in [3.8, 4) is 22.8 Å². The van der Waals surface area contributed by atoms with E-state index in [1.54, 1.807) is 12.3 Å². The Labute approximate surface area is 193 Å². The van der Waals surface area contributed by atoms with Crippen LogP contribution < -0.4 is 10.1 Å². The van der Waals surface area contributed by atoms with E-state index in [9.17, 15) is 19.3 Å². The zero-order valence-electron chi connectivity index (χ0n) is 18.4. The van der Waals surface area contributed by atoms with Crippen molar-refractivity contribution in [1.29, 1.82) is 0 Å². The summed E-state index contributed by atoms with van der Waals surface area (Å²) in [6.07, 6.45) is 3.73. The van der Waals surface area contributed by atoms with Crippen LogP contribution in [-0.4, -0.2) is 38.1 Å². The van der Waals surface area contributed by atoms with Gasteiger partial charge < -0.3 is 10.1 Å². The number of carbonyl (C=O) groups excluding carboxylic acids is 1. The maximum Gasteiger partial charge on any atom is 0.307 e. The second-order valence-electron chi connectivity index (χ2n) is 7.44. The molecule has 0 aliphatic carbocycles. The summed E-state index contributed by atoms with van der Waals surface area (Å²) in [7, 11) is 1.31. The summed E-state index contributed by atoms with van der Waals surface area (Å²) in [5.74, 6) is -0.587. The summed E-state index contributed by atoms with van der Waals surface area (Å²) in [5, 5.41) is 18.5. The van der Waals surface area contributed by atoms with Crippen LogP contribution in [0.4, 0.5) is 21.7 Å². The Bertz CT molecular complexity index is 1420. The topological polar surface area (TPSA) is 125 Å². The van der Waals surface area contributed by atoms with Gasteiger partial charge in [0.1, 0.15) is 11.4 Å². The first-order valence-electron chi connectivity index (χ1n) is 10.1. The third kappa shape index (κ3) is 4.31. The molecule has 0 aliphatic heterocycles. The van der Waals surface area contributed by atoms with Gasteiger partial charge >= 0.3 is 5.69 Å². The minimum atomic E-state index is -1.03. The summed E-state index contributed by atoms with van der Waals surface area (Å²) in [5.41, 5.74) is 3.12. The van der Waals surface area contributed by atoms with Gasteiger partial charge in [0.15, 0.2) is 12.1 Å². The highest BCUT2D eigenvalue weighted by Crippen LogP contribution is 2.33. The highest BCUT2D eigenvalue weighted by atomic mass is 19.1. The first-order chi connectivity index (χ1) is 16.3. The Morgan fingerprint density at radius 2 is 2.00 bits per heavy atom. The van der Waals surface area contributed by atoms with Gasteiger partial charge in [-0.25, -0.2) is 9.67 Å². The smallest absolute Gasteiger partial charge is 0.307 e. The SMILES string of the molecule is COc1cc(F)c([N+](=O)[O-])cc1Nc1nccc(-n2cc(C=O)c(-c3cc(C)ccc3C)n2)n1. The van der Waals surface area contributed by atoms with E-state index in [1.165, 1.54) is 18.0 Å². The number of nitro groups is 1. The molecule has 0 saturated carbocycles. The molecular formula is C23H19FN6O4. The monoisotopic (exact) mass is 462 g/mol. The zero-order chi connectivity index (χ0) is 24.4. The standard InChI is InChI=1S/C23H19FN6O4/c1-13-4-5-14(2)16(8-13)22-15(12-31)11-29(28-22)21-6-7-25-23(27-21)26-18-10-19(30(32)33)17(24)9-20(18)34-3/h4-12H,1-3H3,(H,25,26,27). The van der Waals surface area contributed by atoms with Crippen molar-refractivity contribution in [1.82, 2.24) is 19.7 Å². The largest absolute Gasteiger partial charge is 0.494 e. The van der Waals surface area contributed by atoms with E-state index in [2.05, 4.69) is 20.4 Å². The molecule has 11 heteroatoms. The Morgan fingerprint density at radius 3 is 2.71 bits per heavy atom. The number of hydrogen-bond donors (Lipinski definition) is 1. The van der Waals surface area contributed by atoms with Gasteiger partial charge in [0.05, 0.1) is 23.3 Å². The molecule has 0 atom stereocenters. The van der Waals surface area contributed by atoms with Gasteiger partial charge in [-0.05, 0) is 25.5 Å². The number of carbonyl (C=O) groups is 1. The maximum atomic E-state index is 13.9. The maximum absolute atomic E-state index is 13.9. The van der Waals surface area contributed by atoms with Crippen LogP contribution in [0.3, 0.4) is 0 Å². The minimum absolute atomic E-state index is 0.0386. The van der Waals surface area contributed by atoms with Crippen molar-refractivity contribution in [3.63, 3.8) is 0 Å². The number of aromatic nitrogens is 4. The molecule has 0 amide bonds. The lowest BCUT2D eigenvalue weighted by Gasteiger charge is -2.11. The van der Waals surface area contributed by atoms with Gasteiger partial charge in [0.25, 0.3) is 0 Å². The average molecular weight is 462 g/mol. The number of anilines is 2. The van der Waals surface area contributed by atoms with Gasteiger partial charge in [0.2, 0.25) is 11.8 Å². The molecule has 2 aromatic carbocycles. The number of nitro benzene ring substituents is 1. The van der Waals surface area contributed by atoms with Gasteiger partial charge in [-0.1, -0.05) is 17.7 Å². The predicted octanol–water partition coefficient (Wildman–Crippen LogP) is 4.56. The summed E-state index contributed by atoms with van der Waals surface area (Å²) >= 11 is 0. The highest BCUT2D eigenvalue weighted by Gasteiger charge is 2.20. The first-order valence-corrected chi connectivity index (χ1v) is 10.1. The van der Waals surface area contributed by atoms with E-state index >= 15 is 0 Å². The first kappa shape index (κ1) is 22.5. The third-order valence-electron chi connectivity index (χ3n) is 5.11. The van der Waals surface area contributed by atoms with E-state index < -0.39 is 16.4 Å². The normalized spacial score (nSPS) is 10.7. The van der Waals surface area contributed by atoms with Gasteiger partial charge in [0, 0.05) is 36.2 Å². The lowest BCUT2D eigenvalue weighted by atomic mass is 10.0. The number of hydrogen-bond acceptors (Lipinski definition) is 8. The fourth-order valence-electron chi connectivity index (χ4n) is 3.40. The van der Waals surface area contributed by atoms with Crippen molar-refractivity contribution in [2.45, 2.75) is 13.8 Å². The number of nitrogens with zero attached hydrogens (tertiary/aromatic N) is 5. The Kier molecular flexibility index (Phi) is 6.00. The summed E-state index contributed by atoms with van der Waals surface area (Å²) < 4.78 is 20.5. The van der Waals surface area contributed by atoms with Crippen LogP contribution in [0.15, 0.2) is 48.8 Å². The molecule has 10 nitrogen and oxygen atoms in total. The van der Waals surface area contributed by atoms with Crippen molar-refractivity contribution in [2.24, 2.45) is 0 Å². The van der Waals surface area contributed by atoms with Crippen LogP contribution in [-0.2, 0) is 0 Å². The van der Waals surface area contributed by atoms with Gasteiger partial charge in [-0.15, -0.1) is 0 Å². The van der Waals surface area contributed by atoms with E-state index in [-0.39, 0.29) is 17.4 Å². The fraction of sp³-hybridized carbons (Fsp3) is 0.130. The van der Waals surface area contributed by atoms with Gasteiger partial charge in [-0.2, -0.15) is 14.5 Å². The number of halogens is 1. The van der Waals surface area contributed by atoms with Crippen LogP contribution in [0.1, 0.15) is 21.5 Å². The second kappa shape index (κ2) is 9.06. The predicted molar refractivity (Wildman–Crippen MR) is 122 cm³/mol. The molecule has 0 fully saturated rings. The van der Waals surface area contributed by atoms with E-state index in [4.69, 9.17) is 4.74 Å². The number of ether oxygens (including phenoxy) is 1. The Balaban J connectivity index is 1.73. The molecule has 4 aromatic rings. The van der Waals surface area contributed by atoms with Crippen molar-refractivity contribution < 1.29 is 18.8 Å². The molecule has 0 aliphatic rings. The molecule has 0 radical (unpaired) electrons. The Hall–Kier alpha value is -4.67. The number of methoxy groups -OCH3 is 1. The number of nitrogens with one attached hydrogen (secondary N) is 1. The van der Waals surface area contributed by atoms with Crippen molar-refractivity contribution in [3.05, 3.63) is 81.4 Å². The van der Waals surface area contributed by atoms with Crippen LogP contribution in [0.5, 0.6) is 5.75 Å². The summed E-state index contributed by atoms with van der Waals surface area (Å²) in [6, 6.07) is 9.39. The van der Waals surface area contributed by atoms with Gasteiger partial charge in [-0.3, -0.25) is 14.9 Å². The molecule has 1 N–H and O–H groups in total. The molecular weight excluding hydrogens is 443 g/mol. The molecule has 2 heterocycles. The van der Waals surface area contributed by atoms with Crippen LogP contribution in [0.2, 0.25) is 0 Å². The van der Waals surface area contributed by atoms with Crippen LogP contribution >= 0.6 is 0 Å². The molecule has 34 heavy (non-hydrogen) atoms. The van der Waals surface area contributed by atoms with Crippen molar-refractivity contribution >= 4 is 23.6 Å². The van der Waals surface area contributed by atoms with E-state index in [1.807, 2.05) is 32.0 Å². The number of aldehydes is 1. The average Bonchev–Trinajstić information content (AvgIpc) is 3.26. The van der Waals surface area contributed by atoms with E-state index in [0.29, 0.717) is 17.1 Å². The molecule has 4 rings (SSSR count). The van der Waals surface area contributed by atoms with Crippen molar-refractivity contribution in [2.75, 3.05) is 12.4 Å². The number of rotatable bonds is 7. The fourth-order valence-corrected chi connectivity index (χ4v) is 3.40. The number of benzene rings is 2. The molecule has 0 saturated heterocycles. The number of aryl methyl sites for hydroxylation is 2.